The van der Waals surface area contributed by atoms with Crippen LogP contribution in [0.2, 0.25) is 0 Å². The summed E-state index contributed by atoms with van der Waals surface area (Å²) in [5.41, 5.74) is -0.627. The van der Waals surface area contributed by atoms with E-state index in [-0.39, 0.29) is 64.2 Å². The Morgan fingerprint density at radius 3 is 2.42 bits per heavy atom. The number of halogens is 3. The van der Waals surface area contributed by atoms with Gasteiger partial charge >= 0.3 is 17.0 Å². The van der Waals surface area contributed by atoms with Gasteiger partial charge in [-0.1, -0.05) is 43.4 Å². The number of rotatable bonds is 11. The number of nitrogens with one attached hydrogen (secondary N) is 2. The number of amides is 3. The number of thioether (sulfide) groups is 1. The first-order valence-electron chi connectivity index (χ1n) is 17.0. The number of thiazole rings is 1. The van der Waals surface area contributed by atoms with Crippen LogP contribution in [-0.4, -0.2) is 63.2 Å². The van der Waals surface area contributed by atoms with Crippen LogP contribution in [0.5, 0.6) is 11.5 Å². The molecule has 2 aliphatic heterocycles. The fourth-order valence-corrected chi connectivity index (χ4v) is 11.6. The van der Waals surface area contributed by atoms with Gasteiger partial charge in [-0.15, -0.1) is 11.8 Å². The molecule has 2 aliphatic carbocycles. The molecule has 3 heterocycles. The van der Waals surface area contributed by atoms with Crippen molar-refractivity contribution in [2.45, 2.75) is 62.0 Å². The Balaban J connectivity index is 1.18. The molecule has 2 aromatic carbocycles. The van der Waals surface area contributed by atoms with Crippen molar-refractivity contribution in [1.82, 2.24) is 9.88 Å². The molecule has 2 bridgehead atoms. The Labute approximate surface area is 304 Å². The lowest BCUT2D eigenvalue weighted by atomic mass is 9.68. The number of alkyl halides is 3. The van der Waals surface area contributed by atoms with Gasteiger partial charge in [0.25, 0.3) is 5.91 Å². The van der Waals surface area contributed by atoms with Crippen LogP contribution >= 0.6 is 23.1 Å². The molecule has 1 aromatic heterocycles. The number of hydrogen-bond acceptors (Lipinski definition) is 9. The van der Waals surface area contributed by atoms with Crippen LogP contribution in [-0.2, 0) is 25.4 Å². The van der Waals surface area contributed by atoms with Crippen molar-refractivity contribution in [2.24, 2.45) is 35.5 Å². The molecular weight excluding hydrogens is 724 g/mol. The SMILES string of the molecule is CCOc1cc([C@H]2c3sc(=O)[nH]c3SC3C4CC(C5C(=O)N(C(CC(C)C)C(=O)O)C(=O)C45)C32)ccc1OCC(=O)Nc1ccccc1C(F)(F)F. The van der Waals surface area contributed by atoms with Crippen LogP contribution in [0, 0.1) is 35.5 Å². The van der Waals surface area contributed by atoms with Crippen molar-refractivity contribution >= 4 is 52.5 Å². The summed E-state index contributed by atoms with van der Waals surface area (Å²) in [4.78, 5) is 70.1. The van der Waals surface area contributed by atoms with Crippen LogP contribution in [0.1, 0.15) is 55.5 Å². The van der Waals surface area contributed by atoms with E-state index in [0.29, 0.717) is 11.4 Å². The summed E-state index contributed by atoms with van der Waals surface area (Å²) in [5.74, 6) is -4.76. The molecule has 1 saturated heterocycles. The molecule has 0 spiro atoms. The number of aromatic amines is 1. The molecule has 3 N–H and O–H groups in total. The number of para-hydroxylation sites is 1. The largest absolute Gasteiger partial charge is 0.490 e. The Kier molecular flexibility index (Phi) is 9.43. The molecule has 11 nitrogen and oxygen atoms in total. The van der Waals surface area contributed by atoms with Crippen molar-refractivity contribution in [2.75, 3.05) is 18.5 Å². The number of nitrogens with zero attached hydrogens (tertiary/aromatic N) is 1. The number of ether oxygens (including phenoxy) is 2. The number of carbonyl (C=O) groups excluding carboxylic acids is 3. The highest BCUT2D eigenvalue weighted by Crippen LogP contribution is 2.69. The zero-order valence-corrected chi connectivity index (χ0v) is 29.9. The van der Waals surface area contributed by atoms with Crippen molar-refractivity contribution in [1.29, 1.82) is 0 Å². The molecular formula is C36H36F3N3O8S2. The number of aliphatic carboxylic acids is 1. The van der Waals surface area contributed by atoms with E-state index < -0.39 is 65.6 Å². The van der Waals surface area contributed by atoms with Crippen LogP contribution in [0.25, 0.3) is 0 Å². The second-order valence-electron chi connectivity index (χ2n) is 14.0. The number of carboxylic acids is 1. The molecule has 3 amide bonds. The standard InChI is InChI=1S/C36H36F3N3O8S2/c1-4-49-23-12-16(9-10-22(23)50-14-24(43)40-20-8-6-5-7-19(20)36(37,38)39)25-26-17-13-18(29(26)51-31-30(25)52-35(48)41-31)28-27(17)32(44)42(33(28)45)21(34(46)47)11-15(2)3/h5-10,12,15,17-18,21,25-29H,4,11,13-14H2,1-3H3,(H,40,43)(H,41,48)(H,46,47)/t17?,18?,21?,25-,26?,27?,28?,29?/m1/s1. The Hall–Kier alpha value is -4.31. The molecule has 7 unspecified atom stereocenters. The minimum absolute atomic E-state index is 0.0545. The van der Waals surface area contributed by atoms with E-state index in [1.54, 1.807) is 25.1 Å². The number of benzene rings is 2. The first-order chi connectivity index (χ1) is 24.7. The zero-order chi connectivity index (χ0) is 37.2. The smallest absolute Gasteiger partial charge is 0.418 e. The quantitative estimate of drug-likeness (QED) is 0.205. The van der Waals surface area contributed by atoms with Gasteiger partial charge in [0.15, 0.2) is 18.1 Å². The second-order valence-corrected chi connectivity index (χ2v) is 16.2. The van der Waals surface area contributed by atoms with E-state index in [1.165, 1.54) is 23.9 Å². The lowest BCUT2D eigenvalue weighted by Gasteiger charge is -2.43. The molecule has 3 aromatic rings. The van der Waals surface area contributed by atoms with Gasteiger partial charge in [-0.3, -0.25) is 24.1 Å². The molecule has 16 heteroatoms. The average Bonchev–Trinajstić information content (AvgIpc) is 3.81. The number of carboxylic acid groups (broad SMARTS) is 1. The number of hydrogen-bond donors (Lipinski definition) is 3. The predicted octanol–water partition coefficient (Wildman–Crippen LogP) is 5.84. The van der Waals surface area contributed by atoms with Gasteiger partial charge in [0, 0.05) is 16.0 Å². The highest BCUT2D eigenvalue weighted by atomic mass is 32.2. The predicted molar refractivity (Wildman–Crippen MR) is 184 cm³/mol. The van der Waals surface area contributed by atoms with E-state index in [2.05, 4.69) is 10.3 Å². The van der Waals surface area contributed by atoms with Crippen molar-refractivity contribution < 1.29 is 46.9 Å². The van der Waals surface area contributed by atoms with E-state index in [1.807, 2.05) is 13.8 Å². The maximum Gasteiger partial charge on any atom is 0.418 e. The zero-order valence-electron chi connectivity index (χ0n) is 28.3. The lowest BCUT2D eigenvalue weighted by Crippen LogP contribution is -2.47. The van der Waals surface area contributed by atoms with E-state index in [9.17, 15) is 42.3 Å². The number of fused-ring (bicyclic) bond motifs is 9. The summed E-state index contributed by atoms with van der Waals surface area (Å²) in [5, 5.41) is 12.9. The highest BCUT2D eigenvalue weighted by Gasteiger charge is 2.70. The van der Waals surface area contributed by atoms with Crippen molar-refractivity contribution in [3.05, 3.63) is 68.1 Å². The van der Waals surface area contributed by atoms with Crippen molar-refractivity contribution in [3.8, 4) is 11.5 Å². The molecule has 0 radical (unpaired) electrons. The normalized spacial score (nSPS) is 26.6. The number of anilines is 1. The van der Waals surface area contributed by atoms with Gasteiger partial charge in [-0.05, 0) is 73.3 Å². The maximum atomic E-state index is 14.0. The van der Waals surface area contributed by atoms with E-state index in [4.69, 9.17) is 9.47 Å². The van der Waals surface area contributed by atoms with Gasteiger partial charge < -0.3 is 24.9 Å². The van der Waals surface area contributed by atoms with Gasteiger partial charge in [0.05, 0.1) is 34.7 Å². The highest BCUT2D eigenvalue weighted by molar-refractivity contribution is 8.00. The Morgan fingerprint density at radius 2 is 1.75 bits per heavy atom. The summed E-state index contributed by atoms with van der Waals surface area (Å²) in [7, 11) is 0. The molecule has 276 valence electrons. The molecule has 7 rings (SSSR count). The first kappa shape index (κ1) is 36.1. The van der Waals surface area contributed by atoms with E-state index in [0.717, 1.165) is 38.8 Å². The lowest BCUT2D eigenvalue weighted by molar-refractivity contribution is -0.156. The third-order valence-electron chi connectivity index (χ3n) is 10.5. The number of imide groups is 1. The number of carbonyl (C=O) groups is 4. The van der Waals surface area contributed by atoms with Crippen LogP contribution in [0.3, 0.4) is 0 Å². The minimum Gasteiger partial charge on any atom is -0.490 e. The fourth-order valence-electron chi connectivity index (χ4n) is 8.76. The maximum absolute atomic E-state index is 14.0. The summed E-state index contributed by atoms with van der Waals surface area (Å²) in [6, 6.07) is 8.53. The van der Waals surface area contributed by atoms with Crippen molar-refractivity contribution in [3.63, 3.8) is 0 Å². The fraction of sp³-hybridized carbons (Fsp3) is 0.472. The van der Waals surface area contributed by atoms with Crippen LogP contribution in [0.4, 0.5) is 18.9 Å². The second kappa shape index (κ2) is 13.6. The van der Waals surface area contributed by atoms with Crippen LogP contribution in [0.15, 0.2) is 52.3 Å². The van der Waals surface area contributed by atoms with Gasteiger partial charge in [0.1, 0.15) is 6.04 Å². The number of likely N-dealkylation sites (tertiary alicyclic amines) is 1. The molecule has 2 saturated carbocycles. The monoisotopic (exact) mass is 759 g/mol. The topological polar surface area (TPSA) is 155 Å². The third kappa shape index (κ3) is 6.16. The van der Waals surface area contributed by atoms with E-state index >= 15 is 0 Å². The Morgan fingerprint density at radius 1 is 1.04 bits per heavy atom. The van der Waals surface area contributed by atoms with Gasteiger partial charge in [0.2, 0.25) is 11.8 Å². The molecule has 8 atom stereocenters. The third-order valence-corrected chi connectivity index (χ3v) is 13.1. The molecule has 52 heavy (non-hydrogen) atoms. The Bertz CT molecular complexity index is 2000. The van der Waals surface area contributed by atoms with Gasteiger partial charge in [-0.2, -0.15) is 13.2 Å². The molecule has 4 aliphatic rings. The van der Waals surface area contributed by atoms with Crippen LogP contribution < -0.4 is 19.7 Å². The first-order valence-corrected chi connectivity index (χ1v) is 18.7. The molecule has 3 fully saturated rings. The summed E-state index contributed by atoms with van der Waals surface area (Å²) >= 11 is 2.58. The number of aromatic nitrogens is 1. The number of H-pyrrole nitrogens is 1. The summed E-state index contributed by atoms with van der Waals surface area (Å²) < 4.78 is 52.0. The minimum atomic E-state index is -4.67. The summed E-state index contributed by atoms with van der Waals surface area (Å²) in [6.45, 7) is 5.07. The average molecular weight is 760 g/mol. The summed E-state index contributed by atoms with van der Waals surface area (Å²) in [6.07, 6.45) is -3.89. The van der Waals surface area contributed by atoms with Gasteiger partial charge in [-0.25, -0.2) is 4.79 Å².